The Morgan fingerprint density at radius 3 is 2.88 bits per heavy atom. The van der Waals surface area contributed by atoms with Crippen LogP contribution in [0.3, 0.4) is 0 Å². The molecule has 1 fully saturated rings. The van der Waals surface area contributed by atoms with E-state index in [0.717, 1.165) is 11.5 Å². The zero-order valence-corrected chi connectivity index (χ0v) is 9.83. The lowest BCUT2D eigenvalue weighted by molar-refractivity contribution is 0.754. The summed E-state index contributed by atoms with van der Waals surface area (Å²) in [6.07, 6.45) is 4.63. The van der Waals surface area contributed by atoms with Crippen molar-refractivity contribution in [1.82, 2.24) is 9.78 Å². The molecule has 3 rings (SSSR count). The monoisotopic (exact) mass is 215 g/mol. The lowest BCUT2D eigenvalue weighted by Gasteiger charge is -2.21. The Bertz CT molecular complexity index is 475. The Morgan fingerprint density at radius 2 is 2.25 bits per heavy atom. The molecule has 0 aromatic carbocycles. The van der Waals surface area contributed by atoms with Gasteiger partial charge >= 0.3 is 0 Å². The number of aromatic nitrogens is 2. The summed E-state index contributed by atoms with van der Waals surface area (Å²) in [6, 6.07) is 2.15. The van der Waals surface area contributed by atoms with Crippen LogP contribution in [0.2, 0.25) is 0 Å². The quantitative estimate of drug-likeness (QED) is 0.821. The van der Waals surface area contributed by atoms with Gasteiger partial charge in [-0.3, -0.25) is 0 Å². The molecule has 0 amide bonds. The van der Waals surface area contributed by atoms with Gasteiger partial charge in [-0.25, -0.2) is 4.68 Å². The van der Waals surface area contributed by atoms with Gasteiger partial charge in [0.05, 0.1) is 11.4 Å². The lowest BCUT2D eigenvalue weighted by atomic mass is 10.0. The molecule has 0 spiro atoms. The SMILES string of the molecule is C=C1C(C(C)C)=CNc2cc(C3CC3)nn21. The van der Waals surface area contributed by atoms with Gasteiger partial charge in [-0.05, 0) is 24.3 Å². The van der Waals surface area contributed by atoms with Gasteiger partial charge in [-0.15, -0.1) is 0 Å². The van der Waals surface area contributed by atoms with Crippen molar-refractivity contribution in [3.05, 3.63) is 30.1 Å². The number of nitrogens with one attached hydrogen (secondary N) is 1. The number of rotatable bonds is 2. The number of nitrogens with zero attached hydrogens (tertiary/aromatic N) is 2. The van der Waals surface area contributed by atoms with Gasteiger partial charge in [0.25, 0.3) is 0 Å². The highest BCUT2D eigenvalue weighted by molar-refractivity contribution is 5.71. The number of hydrogen-bond donors (Lipinski definition) is 1. The molecule has 2 aliphatic rings. The van der Waals surface area contributed by atoms with E-state index in [1.165, 1.54) is 24.1 Å². The predicted molar refractivity (Wildman–Crippen MR) is 66.1 cm³/mol. The van der Waals surface area contributed by atoms with Crippen LogP contribution >= 0.6 is 0 Å². The van der Waals surface area contributed by atoms with Crippen LogP contribution < -0.4 is 5.32 Å². The topological polar surface area (TPSA) is 29.9 Å². The molecule has 1 aliphatic carbocycles. The molecule has 2 heterocycles. The van der Waals surface area contributed by atoms with Gasteiger partial charge in [0, 0.05) is 18.2 Å². The van der Waals surface area contributed by atoms with Gasteiger partial charge in [-0.1, -0.05) is 20.4 Å². The maximum atomic E-state index is 4.64. The second kappa shape index (κ2) is 3.24. The fourth-order valence-electron chi connectivity index (χ4n) is 2.14. The van der Waals surface area contributed by atoms with E-state index >= 15 is 0 Å². The molecule has 3 heteroatoms. The minimum Gasteiger partial charge on any atom is -0.346 e. The van der Waals surface area contributed by atoms with Crippen molar-refractivity contribution in [2.24, 2.45) is 5.92 Å². The van der Waals surface area contributed by atoms with E-state index < -0.39 is 0 Å². The Balaban J connectivity index is 1.97. The summed E-state index contributed by atoms with van der Waals surface area (Å²) in [4.78, 5) is 0. The Kier molecular flexibility index (Phi) is 1.96. The summed E-state index contributed by atoms with van der Waals surface area (Å²) in [7, 11) is 0. The van der Waals surface area contributed by atoms with Crippen molar-refractivity contribution in [1.29, 1.82) is 0 Å². The third kappa shape index (κ3) is 1.39. The molecule has 1 aromatic heterocycles. The van der Waals surface area contributed by atoms with E-state index in [0.29, 0.717) is 11.8 Å². The van der Waals surface area contributed by atoms with E-state index in [1.807, 2.05) is 4.68 Å². The van der Waals surface area contributed by atoms with Crippen molar-refractivity contribution in [2.75, 3.05) is 5.32 Å². The van der Waals surface area contributed by atoms with Crippen LogP contribution in [-0.4, -0.2) is 9.78 Å². The van der Waals surface area contributed by atoms with Crippen LogP contribution in [0.4, 0.5) is 5.82 Å². The molecule has 1 saturated carbocycles. The van der Waals surface area contributed by atoms with Crippen LogP contribution in [0.5, 0.6) is 0 Å². The smallest absolute Gasteiger partial charge is 0.133 e. The Morgan fingerprint density at radius 1 is 1.50 bits per heavy atom. The molecule has 1 aliphatic heterocycles. The standard InChI is InChI=1S/C13H17N3/c1-8(2)11-7-14-13-6-12(10-4-5-10)15-16(13)9(11)3/h6-8,10,14H,3-5H2,1-2H3. The minimum absolute atomic E-state index is 0.474. The summed E-state index contributed by atoms with van der Waals surface area (Å²) in [5.41, 5.74) is 3.45. The average Bonchev–Trinajstić information content (AvgIpc) is 2.99. The summed E-state index contributed by atoms with van der Waals surface area (Å²) >= 11 is 0. The van der Waals surface area contributed by atoms with E-state index in [9.17, 15) is 0 Å². The second-order valence-electron chi connectivity index (χ2n) is 4.99. The number of anilines is 1. The molecule has 0 saturated heterocycles. The second-order valence-corrected chi connectivity index (χ2v) is 4.99. The number of hydrogen-bond acceptors (Lipinski definition) is 2. The highest BCUT2D eigenvalue weighted by Crippen LogP contribution is 2.41. The highest BCUT2D eigenvalue weighted by Gasteiger charge is 2.29. The first-order valence-corrected chi connectivity index (χ1v) is 5.93. The van der Waals surface area contributed by atoms with Gasteiger partial charge < -0.3 is 5.32 Å². The predicted octanol–water partition coefficient (Wildman–Crippen LogP) is 3.20. The van der Waals surface area contributed by atoms with E-state index in [2.05, 4.69) is 43.1 Å². The first kappa shape index (κ1) is 9.70. The van der Waals surface area contributed by atoms with Gasteiger partial charge in [0.2, 0.25) is 0 Å². The molecule has 1 N–H and O–H groups in total. The molecule has 3 nitrogen and oxygen atoms in total. The third-order valence-electron chi connectivity index (χ3n) is 3.31. The van der Waals surface area contributed by atoms with Crippen LogP contribution in [0, 0.1) is 5.92 Å². The van der Waals surface area contributed by atoms with Crippen LogP contribution in [0.25, 0.3) is 5.70 Å². The maximum Gasteiger partial charge on any atom is 0.133 e. The van der Waals surface area contributed by atoms with Crippen molar-refractivity contribution >= 4 is 11.5 Å². The Hall–Kier alpha value is -1.51. The van der Waals surface area contributed by atoms with Crippen LogP contribution in [-0.2, 0) is 0 Å². The molecular weight excluding hydrogens is 198 g/mol. The molecule has 0 unspecified atom stereocenters. The first-order chi connectivity index (χ1) is 7.66. The molecule has 0 radical (unpaired) electrons. The van der Waals surface area contributed by atoms with Crippen molar-refractivity contribution in [3.8, 4) is 0 Å². The molecule has 16 heavy (non-hydrogen) atoms. The zero-order chi connectivity index (χ0) is 11.3. The molecule has 0 bridgehead atoms. The maximum absolute atomic E-state index is 4.64. The molecular formula is C13H17N3. The average molecular weight is 215 g/mol. The van der Waals surface area contributed by atoms with Crippen molar-refractivity contribution in [3.63, 3.8) is 0 Å². The largest absolute Gasteiger partial charge is 0.346 e. The lowest BCUT2D eigenvalue weighted by Crippen LogP contribution is -2.14. The summed E-state index contributed by atoms with van der Waals surface area (Å²) in [5, 5.41) is 7.95. The van der Waals surface area contributed by atoms with Crippen LogP contribution in [0.15, 0.2) is 24.4 Å². The Labute approximate surface area is 95.8 Å². The number of allylic oxidation sites excluding steroid dienone is 2. The fraction of sp³-hybridized carbons (Fsp3) is 0.462. The zero-order valence-electron chi connectivity index (χ0n) is 9.83. The summed E-state index contributed by atoms with van der Waals surface area (Å²) in [5.74, 6) is 2.22. The highest BCUT2D eigenvalue weighted by atomic mass is 15.3. The van der Waals surface area contributed by atoms with Crippen molar-refractivity contribution < 1.29 is 0 Å². The molecule has 84 valence electrons. The van der Waals surface area contributed by atoms with E-state index in [1.54, 1.807) is 0 Å². The first-order valence-electron chi connectivity index (χ1n) is 5.93. The summed E-state index contributed by atoms with van der Waals surface area (Å²) in [6.45, 7) is 8.49. The van der Waals surface area contributed by atoms with E-state index in [4.69, 9.17) is 0 Å². The minimum atomic E-state index is 0.474. The van der Waals surface area contributed by atoms with E-state index in [-0.39, 0.29) is 0 Å². The molecule has 0 atom stereocenters. The van der Waals surface area contributed by atoms with Crippen molar-refractivity contribution in [2.45, 2.75) is 32.6 Å². The fourth-order valence-corrected chi connectivity index (χ4v) is 2.14. The van der Waals surface area contributed by atoms with Crippen LogP contribution in [0.1, 0.15) is 38.3 Å². The summed E-state index contributed by atoms with van der Waals surface area (Å²) < 4.78 is 1.95. The normalized spacial score (nSPS) is 19.4. The number of fused-ring (bicyclic) bond motifs is 1. The third-order valence-corrected chi connectivity index (χ3v) is 3.31. The van der Waals surface area contributed by atoms with Gasteiger partial charge in [-0.2, -0.15) is 5.10 Å². The van der Waals surface area contributed by atoms with Gasteiger partial charge in [0.15, 0.2) is 0 Å². The van der Waals surface area contributed by atoms with Gasteiger partial charge in [0.1, 0.15) is 5.82 Å². The molecule has 1 aromatic rings.